The molecule has 0 aliphatic heterocycles. The van der Waals surface area contributed by atoms with E-state index in [0.29, 0.717) is 0 Å². The minimum atomic E-state index is 0.880. The molecule has 0 N–H and O–H groups in total. The summed E-state index contributed by atoms with van der Waals surface area (Å²) in [6.07, 6.45) is 1.86. The summed E-state index contributed by atoms with van der Waals surface area (Å²) in [4.78, 5) is 9.44. The Labute approximate surface area is 142 Å². The van der Waals surface area contributed by atoms with Crippen LogP contribution >= 0.6 is 0 Å². The molecule has 3 heterocycles. The Bertz CT molecular complexity index is 1400. The quantitative estimate of drug-likeness (QED) is 0.457. The number of fused-ring (bicyclic) bond motifs is 6. The summed E-state index contributed by atoms with van der Waals surface area (Å²) in [7, 11) is 0. The predicted octanol–water partition coefficient (Wildman–Crippen LogP) is 4.10. The first-order chi connectivity index (χ1) is 12.4. The molecule has 0 amide bonds. The zero-order chi connectivity index (χ0) is 16.4. The maximum absolute atomic E-state index is 4.89. The Kier molecular flexibility index (Phi) is 2.29. The van der Waals surface area contributed by atoms with Crippen LogP contribution in [0.15, 0.2) is 79.1 Å². The van der Waals surface area contributed by atoms with Gasteiger partial charge in [0.05, 0.1) is 33.1 Å². The second kappa shape index (κ2) is 4.48. The molecule has 0 saturated carbocycles. The van der Waals surface area contributed by atoms with E-state index in [9.17, 15) is 0 Å². The lowest BCUT2D eigenvalue weighted by molar-refractivity contribution is 0.722. The van der Waals surface area contributed by atoms with Crippen molar-refractivity contribution in [2.24, 2.45) is 0 Å². The molecule has 0 spiro atoms. The topological polar surface area (TPSA) is 40.0 Å². The summed E-state index contributed by atoms with van der Waals surface area (Å²) in [6, 6.07) is 24.7. The van der Waals surface area contributed by atoms with E-state index in [4.69, 9.17) is 4.98 Å². The van der Waals surface area contributed by atoms with Gasteiger partial charge >= 0.3 is 0 Å². The van der Waals surface area contributed by atoms with E-state index in [2.05, 4.69) is 61.2 Å². The number of rotatable bonds is 1. The molecule has 3 aromatic carbocycles. The number of imidazole rings is 3. The highest BCUT2D eigenvalue weighted by atomic mass is 15.5. The van der Waals surface area contributed by atoms with E-state index < -0.39 is 0 Å². The molecule has 0 bridgehead atoms. The largest absolute Gasteiger partial charge is 0.275 e. The van der Waals surface area contributed by atoms with Gasteiger partial charge in [0.2, 0.25) is 5.78 Å². The molecule has 25 heavy (non-hydrogen) atoms. The number of benzene rings is 3. The van der Waals surface area contributed by atoms with Crippen LogP contribution in [0.4, 0.5) is 0 Å². The Morgan fingerprint density at radius 2 is 1.24 bits per heavy atom. The number of aromatic nitrogens is 5. The molecule has 0 unspecified atom stereocenters. The first-order valence-electron chi connectivity index (χ1n) is 8.21. The third-order valence-electron chi connectivity index (χ3n) is 4.73. The van der Waals surface area contributed by atoms with Crippen molar-refractivity contribution in [3.8, 4) is 0 Å². The van der Waals surface area contributed by atoms with Gasteiger partial charge in [0, 0.05) is 0 Å². The second-order valence-electron chi connectivity index (χ2n) is 6.11. The fourth-order valence-electron chi connectivity index (χ4n) is 3.65. The van der Waals surface area contributed by atoms with Gasteiger partial charge in [-0.1, -0.05) is 36.4 Å². The fraction of sp³-hybridized carbons (Fsp3) is 0. The molecule has 6 aromatic rings. The van der Waals surface area contributed by atoms with Gasteiger partial charge in [0.1, 0.15) is 6.33 Å². The molecule has 0 aliphatic carbocycles. The van der Waals surface area contributed by atoms with Crippen LogP contribution in [0, 0.1) is 0 Å². The summed E-state index contributed by atoms with van der Waals surface area (Å²) in [6.45, 7) is 0. The smallest absolute Gasteiger partial charge is 0.235 e. The SMILES string of the molecule is c1ccc2c(c1)ncn2-n1c2ccccc2n2c3ccccc3nc12. The van der Waals surface area contributed by atoms with E-state index >= 15 is 0 Å². The van der Waals surface area contributed by atoms with E-state index in [-0.39, 0.29) is 0 Å². The molecular formula is C20H13N5. The van der Waals surface area contributed by atoms with Gasteiger partial charge in [-0.25, -0.2) is 19.3 Å². The highest BCUT2D eigenvalue weighted by Gasteiger charge is 2.17. The van der Waals surface area contributed by atoms with Gasteiger partial charge in [-0.3, -0.25) is 4.40 Å². The third-order valence-corrected chi connectivity index (χ3v) is 4.73. The maximum atomic E-state index is 4.89. The van der Waals surface area contributed by atoms with Crippen molar-refractivity contribution in [2.45, 2.75) is 0 Å². The lowest BCUT2D eigenvalue weighted by Gasteiger charge is -2.07. The molecule has 0 atom stereocenters. The summed E-state index contributed by atoms with van der Waals surface area (Å²) in [5.74, 6) is 0.880. The van der Waals surface area contributed by atoms with E-state index in [0.717, 1.165) is 38.9 Å². The summed E-state index contributed by atoms with van der Waals surface area (Å²) >= 11 is 0. The van der Waals surface area contributed by atoms with Crippen LogP contribution in [0.25, 0.3) is 38.9 Å². The van der Waals surface area contributed by atoms with E-state index in [1.807, 2.05) is 36.7 Å². The zero-order valence-electron chi connectivity index (χ0n) is 13.2. The van der Waals surface area contributed by atoms with Crippen molar-refractivity contribution in [2.75, 3.05) is 0 Å². The second-order valence-corrected chi connectivity index (χ2v) is 6.11. The highest BCUT2D eigenvalue weighted by Crippen LogP contribution is 2.27. The first-order valence-corrected chi connectivity index (χ1v) is 8.21. The van der Waals surface area contributed by atoms with Crippen LogP contribution in [0.3, 0.4) is 0 Å². The number of para-hydroxylation sites is 6. The fourth-order valence-corrected chi connectivity index (χ4v) is 3.65. The third kappa shape index (κ3) is 1.57. The highest BCUT2D eigenvalue weighted by molar-refractivity contribution is 5.91. The zero-order valence-corrected chi connectivity index (χ0v) is 13.2. The van der Waals surface area contributed by atoms with Crippen molar-refractivity contribution in [3.05, 3.63) is 79.1 Å². The molecule has 5 nitrogen and oxygen atoms in total. The van der Waals surface area contributed by atoms with Crippen molar-refractivity contribution in [3.63, 3.8) is 0 Å². The van der Waals surface area contributed by atoms with E-state index in [1.165, 1.54) is 0 Å². The van der Waals surface area contributed by atoms with Crippen molar-refractivity contribution < 1.29 is 0 Å². The normalized spacial score (nSPS) is 12.0. The Balaban J connectivity index is 1.88. The van der Waals surface area contributed by atoms with Crippen molar-refractivity contribution in [1.29, 1.82) is 0 Å². The standard InChI is InChI=1S/C20H13N5/c1-3-9-16-14(7-1)21-13-23(16)25-19-12-6-5-11-18(19)24-17-10-4-2-8-15(17)22-20(24)25/h1-13H. The van der Waals surface area contributed by atoms with Crippen LogP contribution in [-0.4, -0.2) is 23.7 Å². The van der Waals surface area contributed by atoms with Crippen molar-refractivity contribution in [1.82, 2.24) is 23.7 Å². The molecule has 3 aromatic heterocycles. The first kappa shape index (κ1) is 12.8. The Morgan fingerprint density at radius 3 is 2.08 bits per heavy atom. The molecule has 0 fully saturated rings. The molecule has 0 saturated heterocycles. The van der Waals surface area contributed by atoms with Gasteiger partial charge < -0.3 is 0 Å². The summed E-state index contributed by atoms with van der Waals surface area (Å²) in [5.41, 5.74) is 6.34. The van der Waals surface area contributed by atoms with Crippen LogP contribution in [0.1, 0.15) is 0 Å². The molecule has 0 radical (unpaired) electrons. The minimum Gasteiger partial charge on any atom is -0.275 e. The van der Waals surface area contributed by atoms with Gasteiger partial charge in [-0.2, -0.15) is 0 Å². The van der Waals surface area contributed by atoms with Crippen LogP contribution in [-0.2, 0) is 0 Å². The van der Waals surface area contributed by atoms with Gasteiger partial charge in [-0.15, -0.1) is 0 Å². The van der Waals surface area contributed by atoms with Crippen LogP contribution in [0.2, 0.25) is 0 Å². The Hall–Kier alpha value is -3.60. The minimum absolute atomic E-state index is 0.880. The predicted molar refractivity (Wildman–Crippen MR) is 98.7 cm³/mol. The lowest BCUT2D eigenvalue weighted by atomic mass is 10.3. The maximum Gasteiger partial charge on any atom is 0.235 e. The lowest BCUT2D eigenvalue weighted by Crippen LogP contribution is -2.07. The van der Waals surface area contributed by atoms with Gasteiger partial charge in [-0.05, 0) is 36.4 Å². The Morgan fingerprint density at radius 1 is 0.600 bits per heavy atom. The molecule has 6 rings (SSSR count). The summed E-state index contributed by atoms with van der Waals surface area (Å²) in [5, 5.41) is 0. The number of nitrogens with zero attached hydrogens (tertiary/aromatic N) is 5. The monoisotopic (exact) mass is 323 g/mol. The number of hydrogen-bond donors (Lipinski definition) is 0. The molecule has 0 aliphatic rings. The average molecular weight is 323 g/mol. The summed E-state index contributed by atoms with van der Waals surface area (Å²) < 4.78 is 6.41. The van der Waals surface area contributed by atoms with Crippen molar-refractivity contribution >= 4 is 38.9 Å². The van der Waals surface area contributed by atoms with Gasteiger partial charge in [0.15, 0.2) is 0 Å². The average Bonchev–Trinajstić information content (AvgIpc) is 3.32. The van der Waals surface area contributed by atoms with E-state index in [1.54, 1.807) is 0 Å². The molecule has 5 heteroatoms. The van der Waals surface area contributed by atoms with Gasteiger partial charge in [0.25, 0.3) is 0 Å². The van der Waals surface area contributed by atoms with Crippen LogP contribution < -0.4 is 0 Å². The van der Waals surface area contributed by atoms with Crippen LogP contribution in [0.5, 0.6) is 0 Å². The number of hydrogen-bond acceptors (Lipinski definition) is 2. The molecule has 118 valence electrons. The molecular weight excluding hydrogens is 310 g/mol.